The highest BCUT2D eigenvalue weighted by Gasteiger charge is 2.43. The fourth-order valence-electron chi connectivity index (χ4n) is 3.27. The normalized spacial score (nSPS) is 21.1. The van der Waals surface area contributed by atoms with Crippen LogP contribution in [0.3, 0.4) is 0 Å². The predicted octanol–water partition coefficient (Wildman–Crippen LogP) is 3.15. The average molecular weight is 414 g/mol. The van der Waals surface area contributed by atoms with Crippen LogP contribution in [0.1, 0.15) is 22.7 Å². The second-order valence-electron chi connectivity index (χ2n) is 6.62. The lowest BCUT2D eigenvalue weighted by atomic mass is 10.0. The van der Waals surface area contributed by atoms with Crippen LogP contribution in [0.15, 0.2) is 54.6 Å². The zero-order valence-electron chi connectivity index (χ0n) is 15.2. The molecule has 2 unspecified atom stereocenters. The van der Waals surface area contributed by atoms with Crippen molar-refractivity contribution >= 4 is 10.0 Å². The number of sulfonamides is 1. The van der Waals surface area contributed by atoms with E-state index >= 15 is 0 Å². The van der Waals surface area contributed by atoms with Gasteiger partial charge in [0.15, 0.2) is 0 Å². The lowest BCUT2D eigenvalue weighted by molar-refractivity contribution is -0.138. The molecule has 3 rings (SSSR count). The third kappa shape index (κ3) is 4.72. The smallest absolute Gasteiger partial charge is 0.297 e. The molecule has 0 saturated carbocycles. The van der Waals surface area contributed by atoms with Gasteiger partial charge in [-0.2, -0.15) is 18.2 Å². The van der Waals surface area contributed by atoms with Crippen molar-refractivity contribution in [1.82, 2.24) is 9.79 Å². The first kappa shape index (κ1) is 20.8. The Kier molecular flexibility index (Phi) is 6.09. The summed E-state index contributed by atoms with van der Waals surface area (Å²) in [6, 6.07) is 13.3. The second-order valence-corrected chi connectivity index (χ2v) is 8.61. The van der Waals surface area contributed by atoms with E-state index in [0.717, 1.165) is 17.7 Å². The van der Waals surface area contributed by atoms with Gasteiger partial charge in [0.2, 0.25) is 10.0 Å². The maximum absolute atomic E-state index is 13.0. The van der Waals surface area contributed by atoms with Crippen LogP contribution >= 0.6 is 0 Å². The van der Waals surface area contributed by atoms with Crippen molar-refractivity contribution in [2.75, 3.05) is 20.2 Å². The zero-order valence-corrected chi connectivity index (χ0v) is 16.0. The largest absolute Gasteiger partial charge is 0.416 e. The van der Waals surface area contributed by atoms with Crippen LogP contribution in [0.25, 0.3) is 0 Å². The number of rotatable bonds is 6. The van der Waals surface area contributed by atoms with Gasteiger partial charge < -0.3 is 0 Å². The standard InChI is InChI=1S/C19H21F3N2O3S/c1-24-18(15-8-5-9-16(12-15)19(20,21)22)17(13-27-24)28(25,26)23-11-10-14-6-3-2-4-7-14/h2-9,12,17-18,23H,10-11,13H2,1H3. The topological polar surface area (TPSA) is 58.6 Å². The summed E-state index contributed by atoms with van der Waals surface area (Å²) in [6.07, 6.45) is -3.99. The van der Waals surface area contributed by atoms with E-state index in [2.05, 4.69) is 4.72 Å². The molecule has 0 aromatic heterocycles. The number of nitrogens with one attached hydrogen (secondary N) is 1. The molecule has 2 aromatic carbocycles. The zero-order chi connectivity index (χ0) is 20.4. The SMILES string of the molecule is CN1OCC(S(=O)(=O)NCCc2ccccc2)C1c1cccc(C(F)(F)F)c1. The highest BCUT2D eigenvalue weighted by molar-refractivity contribution is 7.90. The van der Waals surface area contributed by atoms with Gasteiger partial charge in [-0.25, -0.2) is 13.1 Å². The maximum Gasteiger partial charge on any atom is 0.416 e. The second kappa shape index (κ2) is 8.20. The number of alkyl halides is 3. The Morgan fingerprint density at radius 3 is 2.54 bits per heavy atom. The van der Waals surface area contributed by atoms with Crippen LogP contribution < -0.4 is 4.72 Å². The Morgan fingerprint density at radius 1 is 1.14 bits per heavy atom. The Balaban J connectivity index is 1.76. The van der Waals surface area contributed by atoms with Crippen LogP contribution in [-0.4, -0.2) is 38.9 Å². The summed E-state index contributed by atoms with van der Waals surface area (Å²) in [5.74, 6) is 0. The first-order valence-electron chi connectivity index (χ1n) is 8.74. The monoisotopic (exact) mass is 414 g/mol. The van der Waals surface area contributed by atoms with Crippen molar-refractivity contribution in [2.45, 2.75) is 23.9 Å². The molecule has 1 N–H and O–H groups in total. The van der Waals surface area contributed by atoms with Crippen LogP contribution in [0.4, 0.5) is 13.2 Å². The van der Waals surface area contributed by atoms with Gasteiger partial charge in [0.25, 0.3) is 0 Å². The van der Waals surface area contributed by atoms with Gasteiger partial charge in [0.05, 0.1) is 18.2 Å². The summed E-state index contributed by atoms with van der Waals surface area (Å²) < 4.78 is 67.3. The minimum absolute atomic E-state index is 0.127. The molecule has 152 valence electrons. The highest BCUT2D eigenvalue weighted by atomic mass is 32.2. The molecule has 0 amide bonds. The number of hydroxylamine groups is 2. The molecule has 0 aliphatic carbocycles. The van der Waals surface area contributed by atoms with Gasteiger partial charge in [0, 0.05) is 13.6 Å². The molecular weight excluding hydrogens is 393 g/mol. The number of nitrogens with zero attached hydrogens (tertiary/aromatic N) is 1. The highest BCUT2D eigenvalue weighted by Crippen LogP contribution is 2.36. The Morgan fingerprint density at radius 2 is 1.86 bits per heavy atom. The Labute approximate surface area is 162 Å². The summed E-state index contributed by atoms with van der Waals surface area (Å²) in [5, 5.41) is 0.285. The minimum Gasteiger partial charge on any atom is -0.297 e. The van der Waals surface area contributed by atoms with Crippen LogP contribution in [0.5, 0.6) is 0 Å². The van der Waals surface area contributed by atoms with Crippen LogP contribution in [0, 0.1) is 0 Å². The summed E-state index contributed by atoms with van der Waals surface area (Å²) in [4.78, 5) is 5.34. The molecule has 9 heteroatoms. The van der Waals surface area contributed by atoms with Gasteiger partial charge in [-0.1, -0.05) is 42.5 Å². The van der Waals surface area contributed by atoms with Crippen LogP contribution in [-0.2, 0) is 27.5 Å². The van der Waals surface area contributed by atoms with Crippen molar-refractivity contribution < 1.29 is 26.4 Å². The van der Waals surface area contributed by atoms with Crippen molar-refractivity contribution in [2.24, 2.45) is 0 Å². The van der Waals surface area contributed by atoms with Crippen molar-refractivity contribution in [3.8, 4) is 0 Å². The molecular formula is C19H21F3N2O3S. The molecule has 1 fully saturated rings. The third-order valence-electron chi connectivity index (χ3n) is 4.70. The van der Waals surface area contributed by atoms with Crippen molar-refractivity contribution in [1.29, 1.82) is 0 Å². The van der Waals surface area contributed by atoms with Gasteiger partial charge in [-0.05, 0) is 29.7 Å². The van der Waals surface area contributed by atoms with E-state index in [9.17, 15) is 21.6 Å². The molecule has 28 heavy (non-hydrogen) atoms. The van der Waals surface area contributed by atoms with E-state index in [0.29, 0.717) is 6.42 Å². The third-order valence-corrected chi connectivity index (χ3v) is 6.50. The predicted molar refractivity (Wildman–Crippen MR) is 98.8 cm³/mol. The molecule has 0 spiro atoms. The van der Waals surface area contributed by atoms with Gasteiger partial charge in [-0.15, -0.1) is 0 Å². The molecule has 2 atom stereocenters. The maximum atomic E-state index is 13.0. The van der Waals surface area contributed by atoms with E-state index < -0.39 is 33.1 Å². The first-order chi connectivity index (χ1) is 13.2. The summed E-state index contributed by atoms with van der Waals surface area (Å²) >= 11 is 0. The molecule has 5 nitrogen and oxygen atoms in total. The molecule has 1 saturated heterocycles. The lowest BCUT2D eigenvalue weighted by Gasteiger charge is -2.24. The van der Waals surface area contributed by atoms with E-state index in [1.54, 1.807) is 0 Å². The quantitative estimate of drug-likeness (QED) is 0.789. The number of hydrogen-bond donors (Lipinski definition) is 1. The van der Waals surface area contributed by atoms with E-state index in [1.165, 1.54) is 24.2 Å². The molecule has 1 aliphatic rings. The molecule has 1 heterocycles. The lowest BCUT2D eigenvalue weighted by Crippen LogP contribution is -2.40. The van der Waals surface area contributed by atoms with Crippen molar-refractivity contribution in [3.05, 3.63) is 71.3 Å². The van der Waals surface area contributed by atoms with E-state index in [4.69, 9.17) is 4.84 Å². The molecule has 2 aromatic rings. The van der Waals surface area contributed by atoms with Gasteiger partial charge >= 0.3 is 6.18 Å². The summed E-state index contributed by atoms with van der Waals surface area (Å²) in [6.45, 7) is 0.0694. The summed E-state index contributed by atoms with van der Waals surface area (Å²) in [5.41, 5.74) is 0.408. The minimum atomic E-state index is -4.50. The van der Waals surface area contributed by atoms with Gasteiger partial charge in [0.1, 0.15) is 5.25 Å². The fraction of sp³-hybridized carbons (Fsp3) is 0.368. The Hall–Kier alpha value is -1.94. The number of benzene rings is 2. The fourth-order valence-corrected chi connectivity index (χ4v) is 4.78. The van der Waals surface area contributed by atoms with E-state index in [1.807, 2.05) is 30.3 Å². The van der Waals surface area contributed by atoms with Crippen molar-refractivity contribution in [3.63, 3.8) is 0 Å². The summed E-state index contributed by atoms with van der Waals surface area (Å²) in [7, 11) is -2.29. The Bertz CT molecular complexity index is 904. The molecule has 1 aliphatic heterocycles. The first-order valence-corrected chi connectivity index (χ1v) is 10.3. The van der Waals surface area contributed by atoms with Crippen LogP contribution in [0.2, 0.25) is 0 Å². The number of halogens is 3. The average Bonchev–Trinajstić information content (AvgIpc) is 3.04. The number of hydrogen-bond acceptors (Lipinski definition) is 4. The van der Waals surface area contributed by atoms with Gasteiger partial charge in [-0.3, -0.25) is 4.84 Å². The van der Waals surface area contributed by atoms with E-state index in [-0.39, 0.29) is 18.7 Å². The molecule has 0 bridgehead atoms. The molecule has 0 radical (unpaired) electrons.